The second kappa shape index (κ2) is 10.5. The second-order valence-electron chi connectivity index (χ2n) is 9.06. The number of benzene rings is 1. The van der Waals surface area contributed by atoms with E-state index in [1.54, 1.807) is 7.11 Å². The van der Waals surface area contributed by atoms with Gasteiger partial charge in [0.2, 0.25) is 0 Å². The number of pyridine rings is 1. The van der Waals surface area contributed by atoms with Gasteiger partial charge in [-0.05, 0) is 38.7 Å². The lowest BCUT2D eigenvalue weighted by molar-refractivity contribution is 0.195. The van der Waals surface area contributed by atoms with Gasteiger partial charge >= 0.3 is 0 Å². The van der Waals surface area contributed by atoms with Crippen LogP contribution in [0.2, 0.25) is 0 Å². The molecule has 168 valence electrons. The molecule has 0 N–H and O–H groups in total. The number of nitrogens with zero attached hydrogens (tertiary/aromatic N) is 4. The first kappa shape index (κ1) is 22.8. The normalized spacial score (nSPS) is 14.9. The number of hydrogen-bond donors (Lipinski definition) is 0. The van der Waals surface area contributed by atoms with Gasteiger partial charge in [0.1, 0.15) is 19.2 Å². The Morgan fingerprint density at radius 1 is 1.19 bits per heavy atom. The highest BCUT2D eigenvalue weighted by Crippen LogP contribution is 2.27. The fraction of sp³-hybridized carbons (Fsp3) is 0.538. The number of methoxy groups -OCH3 is 1. The maximum absolute atomic E-state index is 6.31. The van der Waals surface area contributed by atoms with E-state index in [-0.39, 0.29) is 0 Å². The lowest BCUT2D eigenvalue weighted by atomic mass is 9.93. The average molecular weight is 430 g/mol. The summed E-state index contributed by atoms with van der Waals surface area (Å²) < 4.78 is 7.70. The Morgan fingerprint density at radius 3 is 2.72 bits per heavy atom. The van der Waals surface area contributed by atoms with Gasteiger partial charge < -0.3 is 14.2 Å². The van der Waals surface area contributed by atoms with E-state index in [0.29, 0.717) is 18.2 Å². The highest BCUT2D eigenvalue weighted by Gasteiger charge is 2.21. The van der Waals surface area contributed by atoms with E-state index < -0.39 is 0 Å². The molecule has 1 aliphatic carbocycles. The predicted molar refractivity (Wildman–Crippen MR) is 134 cm³/mol. The van der Waals surface area contributed by atoms with Crippen LogP contribution in [0.1, 0.15) is 57.7 Å². The molecule has 1 fully saturated rings. The van der Waals surface area contributed by atoms with Gasteiger partial charge in [-0.2, -0.15) is 0 Å². The van der Waals surface area contributed by atoms with Gasteiger partial charge in [0.25, 0.3) is 0 Å². The van der Waals surface area contributed by atoms with Crippen molar-refractivity contribution in [2.75, 3.05) is 20.3 Å². The summed E-state index contributed by atoms with van der Waals surface area (Å²) in [4.78, 5) is 12.0. The van der Waals surface area contributed by atoms with Crippen molar-refractivity contribution in [1.29, 1.82) is 0 Å². The number of allylic oxidation sites excluding steroid dienone is 1. The Hall–Kier alpha value is -2.34. The Bertz CT molecular complexity index is 1070. The van der Waals surface area contributed by atoms with Crippen LogP contribution in [0.15, 0.2) is 36.5 Å². The Labute approximate surface area is 193 Å². The number of hydrogen-bond acceptors (Lipinski definition) is 4. The van der Waals surface area contributed by atoms with E-state index in [1.165, 1.54) is 37.8 Å². The number of ether oxygens (including phenoxy) is 1. The van der Waals surface area contributed by atoms with E-state index in [9.17, 15) is 0 Å². The molecule has 2 aromatic heterocycles. The third-order valence-corrected chi connectivity index (χ3v) is 6.76. The molecule has 2 radical (unpaired) electrons. The maximum Gasteiger partial charge on any atom is 0.144 e. The monoisotopic (exact) mass is 430 g/mol. The minimum absolute atomic E-state index is 0.502. The first-order chi connectivity index (χ1) is 15.6. The van der Waals surface area contributed by atoms with Crippen molar-refractivity contribution in [3.05, 3.63) is 42.4 Å². The molecule has 4 rings (SSSR count). The average Bonchev–Trinajstić information content (AvgIpc) is 3.17. The van der Waals surface area contributed by atoms with E-state index >= 15 is 0 Å². The van der Waals surface area contributed by atoms with Crippen LogP contribution in [-0.4, -0.2) is 53.6 Å². The van der Waals surface area contributed by atoms with Crippen molar-refractivity contribution in [2.24, 2.45) is 0 Å². The summed E-state index contributed by atoms with van der Waals surface area (Å²) in [5.41, 5.74) is 4.53. The van der Waals surface area contributed by atoms with Gasteiger partial charge in [0, 0.05) is 49.3 Å². The van der Waals surface area contributed by atoms with Crippen LogP contribution in [0.4, 0.5) is 0 Å². The largest absolute Gasteiger partial charge is 0.384 e. The van der Waals surface area contributed by atoms with Gasteiger partial charge in [0.05, 0.1) is 17.6 Å². The number of fused-ring (bicyclic) bond motifs is 3. The molecule has 32 heavy (non-hydrogen) atoms. The van der Waals surface area contributed by atoms with Crippen LogP contribution < -0.4 is 5.59 Å². The Morgan fingerprint density at radius 2 is 1.97 bits per heavy atom. The summed E-state index contributed by atoms with van der Waals surface area (Å²) in [5.74, 6) is 1.02. The SMILES string of the molecule is [B]c1nc2ccccc2c2c1nc(CCOC)n2CCCCN(C(=C)C)C1CCCCC1. The van der Waals surface area contributed by atoms with Crippen molar-refractivity contribution < 1.29 is 4.74 Å². The van der Waals surface area contributed by atoms with Gasteiger partial charge in [0.15, 0.2) is 0 Å². The van der Waals surface area contributed by atoms with Crippen LogP contribution in [0.3, 0.4) is 0 Å². The predicted octanol–water partition coefficient (Wildman–Crippen LogP) is 4.52. The Kier molecular flexibility index (Phi) is 7.51. The van der Waals surface area contributed by atoms with Crippen molar-refractivity contribution in [1.82, 2.24) is 19.4 Å². The van der Waals surface area contributed by atoms with Crippen molar-refractivity contribution >= 4 is 35.4 Å². The van der Waals surface area contributed by atoms with Crippen LogP contribution in [0.5, 0.6) is 0 Å². The van der Waals surface area contributed by atoms with Crippen LogP contribution in [-0.2, 0) is 17.7 Å². The number of unbranched alkanes of at least 4 members (excludes halogenated alkanes) is 1. The maximum atomic E-state index is 6.31. The number of aryl methyl sites for hydroxylation is 1. The van der Waals surface area contributed by atoms with Crippen molar-refractivity contribution in [2.45, 2.75) is 70.9 Å². The van der Waals surface area contributed by atoms with Crippen LogP contribution in [0, 0.1) is 0 Å². The first-order valence-corrected chi connectivity index (χ1v) is 12.0. The molecular formula is C26H35BN4O. The minimum atomic E-state index is 0.502. The number of rotatable bonds is 10. The third-order valence-electron chi connectivity index (χ3n) is 6.76. The fourth-order valence-corrected chi connectivity index (χ4v) is 5.16. The van der Waals surface area contributed by atoms with Crippen LogP contribution >= 0.6 is 0 Å². The molecular weight excluding hydrogens is 395 g/mol. The molecule has 0 unspecified atom stereocenters. The van der Waals surface area contributed by atoms with Crippen molar-refractivity contribution in [3.63, 3.8) is 0 Å². The fourth-order valence-electron chi connectivity index (χ4n) is 5.16. The second-order valence-corrected chi connectivity index (χ2v) is 9.06. The summed E-state index contributed by atoms with van der Waals surface area (Å²) in [7, 11) is 8.04. The molecule has 1 saturated carbocycles. The first-order valence-electron chi connectivity index (χ1n) is 12.0. The molecule has 6 heteroatoms. The zero-order valence-corrected chi connectivity index (χ0v) is 19.6. The third kappa shape index (κ3) is 4.85. The van der Waals surface area contributed by atoms with E-state index in [4.69, 9.17) is 17.6 Å². The number of imidazole rings is 1. The molecule has 0 saturated heterocycles. The quantitative estimate of drug-likeness (QED) is 0.351. The summed E-state index contributed by atoms with van der Waals surface area (Å²) in [6.45, 7) is 9.05. The molecule has 2 heterocycles. The molecule has 0 bridgehead atoms. The molecule has 0 aliphatic heterocycles. The summed E-state index contributed by atoms with van der Waals surface area (Å²) in [6, 6.07) is 8.87. The van der Waals surface area contributed by atoms with E-state index in [0.717, 1.165) is 60.1 Å². The standard InChI is InChI=1S/C26H35BN4O/c1-19(2)30(20-11-5-4-6-12-20)16-9-10-17-31-23(15-18-32-3)29-24-25(31)21-13-7-8-14-22(21)28-26(24)27/h7-8,13-14,20H,1,4-6,9-12,15-18H2,2-3H3. The summed E-state index contributed by atoms with van der Waals surface area (Å²) in [5, 5.41) is 1.11. The lowest BCUT2D eigenvalue weighted by Crippen LogP contribution is -2.35. The molecule has 1 aromatic carbocycles. The lowest BCUT2D eigenvalue weighted by Gasteiger charge is -2.36. The highest BCUT2D eigenvalue weighted by atomic mass is 16.5. The molecule has 0 amide bonds. The zero-order chi connectivity index (χ0) is 22.5. The van der Waals surface area contributed by atoms with Gasteiger partial charge in [-0.1, -0.05) is 44.0 Å². The molecule has 3 aromatic rings. The molecule has 1 aliphatic rings. The minimum Gasteiger partial charge on any atom is -0.384 e. The summed E-state index contributed by atoms with van der Waals surface area (Å²) >= 11 is 0. The molecule has 0 atom stereocenters. The van der Waals surface area contributed by atoms with E-state index in [2.05, 4.69) is 40.1 Å². The van der Waals surface area contributed by atoms with Crippen LogP contribution in [0.25, 0.3) is 21.9 Å². The zero-order valence-electron chi connectivity index (χ0n) is 19.6. The van der Waals surface area contributed by atoms with Gasteiger partial charge in [-0.25, -0.2) is 4.98 Å². The Balaban J connectivity index is 1.55. The molecule has 5 nitrogen and oxygen atoms in total. The van der Waals surface area contributed by atoms with Gasteiger partial charge in [-0.3, -0.25) is 4.98 Å². The van der Waals surface area contributed by atoms with Gasteiger partial charge in [-0.15, -0.1) is 0 Å². The number of aromatic nitrogens is 3. The summed E-state index contributed by atoms with van der Waals surface area (Å²) in [6.07, 6.45) is 9.66. The topological polar surface area (TPSA) is 43.2 Å². The molecule has 0 spiro atoms. The van der Waals surface area contributed by atoms with E-state index in [1.807, 2.05) is 12.1 Å². The highest BCUT2D eigenvalue weighted by molar-refractivity contribution is 6.38. The van der Waals surface area contributed by atoms with Crippen molar-refractivity contribution in [3.8, 4) is 0 Å². The smallest absolute Gasteiger partial charge is 0.144 e. The number of para-hydroxylation sites is 1.